The lowest BCUT2D eigenvalue weighted by Gasteiger charge is -2.25. The second-order valence-electron chi connectivity index (χ2n) is 11.1. The van der Waals surface area contributed by atoms with Crippen LogP contribution < -0.4 is 15.4 Å². The fourth-order valence-corrected chi connectivity index (χ4v) is 5.72. The molecule has 2 atom stereocenters. The molecule has 2 N–H and O–H groups in total. The Kier molecular flexibility index (Phi) is 7.98. The molecule has 1 unspecified atom stereocenters. The number of aromatic nitrogens is 2. The van der Waals surface area contributed by atoms with Gasteiger partial charge in [-0.3, -0.25) is 24.7 Å². The number of ether oxygens (including phenoxy) is 1. The first-order valence-electron chi connectivity index (χ1n) is 14.7. The van der Waals surface area contributed by atoms with Crippen LogP contribution in [0.5, 0.6) is 5.75 Å². The molecule has 3 aliphatic rings. The van der Waals surface area contributed by atoms with E-state index in [2.05, 4.69) is 20.6 Å². The second-order valence-corrected chi connectivity index (χ2v) is 11.1. The first kappa shape index (κ1) is 27.6. The highest BCUT2D eigenvalue weighted by Crippen LogP contribution is 2.31. The van der Waals surface area contributed by atoms with Gasteiger partial charge in [0.05, 0.1) is 23.8 Å². The third-order valence-corrected chi connectivity index (χ3v) is 7.89. The molecule has 11 heteroatoms. The van der Waals surface area contributed by atoms with Gasteiger partial charge in [0.25, 0.3) is 5.91 Å². The minimum Gasteiger partial charge on any atom is -0.490 e. The van der Waals surface area contributed by atoms with Crippen molar-refractivity contribution in [2.75, 3.05) is 31.5 Å². The Morgan fingerprint density at radius 2 is 1.83 bits per heavy atom. The van der Waals surface area contributed by atoms with E-state index in [0.717, 1.165) is 56.5 Å². The van der Waals surface area contributed by atoms with Crippen LogP contribution in [0.2, 0.25) is 0 Å². The number of amides is 3. The first-order valence-corrected chi connectivity index (χ1v) is 14.7. The number of carbonyl (C=O) groups excluding carboxylic acids is 3. The molecule has 42 heavy (non-hydrogen) atoms. The highest BCUT2D eigenvalue weighted by atomic mass is 16.5. The number of anilines is 1. The Morgan fingerprint density at radius 3 is 2.67 bits per heavy atom. The van der Waals surface area contributed by atoms with Crippen molar-refractivity contribution in [1.82, 2.24) is 25.1 Å². The molecule has 0 bridgehead atoms. The van der Waals surface area contributed by atoms with Gasteiger partial charge in [-0.25, -0.2) is 9.98 Å². The van der Waals surface area contributed by atoms with Gasteiger partial charge in [-0.05, 0) is 74.9 Å². The average Bonchev–Trinajstić information content (AvgIpc) is 3.63. The van der Waals surface area contributed by atoms with Gasteiger partial charge in [0.1, 0.15) is 23.6 Å². The van der Waals surface area contributed by atoms with Crippen molar-refractivity contribution in [3.63, 3.8) is 0 Å². The maximum Gasteiger partial charge on any atom is 0.278 e. The summed E-state index contributed by atoms with van der Waals surface area (Å²) < 4.78 is 5.83. The zero-order valence-electron chi connectivity index (χ0n) is 23.7. The Balaban J connectivity index is 1.26. The molecule has 3 amide bonds. The normalized spacial score (nSPS) is 20.7. The lowest BCUT2D eigenvalue weighted by atomic mass is 10.1. The number of likely N-dealkylation sites (tertiary alicyclic amines) is 2. The molecule has 6 rings (SSSR count). The Morgan fingerprint density at radius 1 is 1.05 bits per heavy atom. The van der Waals surface area contributed by atoms with E-state index in [1.54, 1.807) is 11.0 Å². The van der Waals surface area contributed by atoms with E-state index in [1.807, 2.05) is 48.2 Å². The van der Waals surface area contributed by atoms with Crippen LogP contribution in [-0.4, -0.2) is 81.8 Å². The number of rotatable bonds is 5. The van der Waals surface area contributed by atoms with Crippen LogP contribution in [0.15, 0.2) is 53.7 Å². The fourth-order valence-electron chi connectivity index (χ4n) is 5.72. The molecule has 0 spiro atoms. The van der Waals surface area contributed by atoms with Gasteiger partial charge >= 0.3 is 0 Å². The smallest absolute Gasteiger partial charge is 0.278 e. The van der Waals surface area contributed by atoms with Gasteiger partial charge in [-0.15, -0.1) is 0 Å². The van der Waals surface area contributed by atoms with Gasteiger partial charge in [0, 0.05) is 31.7 Å². The molecule has 3 aromatic rings. The summed E-state index contributed by atoms with van der Waals surface area (Å²) in [6.45, 7) is 4.06. The van der Waals surface area contributed by atoms with Crippen molar-refractivity contribution in [2.24, 2.45) is 4.99 Å². The summed E-state index contributed by atoms with van der Waals surface area (Å²) >= 11 is 0. The second kappa shape index (κ2) is 12.1. The van der Waals surface area contributed by atoms with E-state index >= 15 is 0 Å². The highest BCUT2D eigenvalue weighted by molar-refractivity contribution is 6.10. The number of hydrogen-bond donors (Lipinski definition) is 2. The molecule has 3 aliphatic heterocycles. The summed E-state index contributed by atoms with van der Waals surface area (Å²) in [6.07, 6.45) is 6.36. The van der Waals surface area contributed by atoms with Crippen molar-refractivity contribution in [3.05, 3.63) is 59.9 Å². The van der Waals surface area contributed by atoms with Crippen LogP contribution in [0.4, 0.5) is 5.69 Å². The molecule has 218 valence electrons. The van der Waals surface area contributed by atoms with E-state index < -0.39 is 11.9 Å². The third-order valence-electron chi connectivity index (χ3n) is 7.89. The van der Waals surface area contributed by atoms with Gasteiger partial charge in [0.15, 0.2) is 0 Å². The summed E-state index contributed by atoms with van der Waals surface area (Å²) in [6, 6.07) is 12.3. The van der Waals surface area contributed by atoms with Crippen molar-refractivity contribution >= 4 is 40.4 Å². The maximum atomic E-state index is 13.6. The number of carbonyl (C=O) groups is 3. The highest BCUT2D eigenvalue weighted by Gasteiger charge is 2.31. The van der Waals surface area contributed by atoms with E-state index in [1.165, 1.54) is 6.20 Å². The number of para-hydroxylation sites is 2. The number of hydrogen-bond acceptors (Lipinski definition) is 7. The van der Waals surface area contributed by atoms with Crippen molar-refractivity contribution in [2.45, 2.75) is 57.6 Å². The zero-order valence-corrected chi connectivity index (χ0v) is 23.7. The summed E-state index contributed by atoms with van der Waals surface area (Å²) in [5, 5.41) is 6.05. The predicted molar refractivity (Wildman–Crippen MR) is 158 cm³/mol. The molecule has 1 aromatic heterocycles. The van der Waals surface area contributed by atoms with E-state index in [-0.39, 0.29) is 36.1 Å². The van der Waals surface area contributed by atoms with Gasteiger partial charge in [-0.1, -0.05) is 12.1 Å². The van der Waals surface area contributed by atoms with Gasteiger partial charge < -0.3 is 19.9 Å². The summed E-state index contributed by atoms with van der Waals surface area (Å²) in [7, 11) is 0. The quantitative estimate of drug-likeness (QED) is 0.357. The van der Waals surface area contributed by atoms with Crippen molar-refractivity contribution in [3.8, 4) is 5.75 Å². The van der Waals surface area contributed by atoms with Crippen LogP contribution >= 0.6 is 0 Å². The predicted octanol–water partition coefficient (Wildman–Crippen LogP) is 3.15. The van der Waals surface area contributed by atoms with E-state index in [9.17, 15) is 14.4 Å². The van der Waals surface area contributed by atoms with Gasteiger partial charge in [-0.2, -0.15) is 0 Å². The number of nitrogens with one attached hydrogen (secondary N) is 2. The standard InChI is InChI=1S/C31H35N7O4/c1-20-16-21-17-22(11-12-27(21)42-20)33-31(36-29(40)26-18-32-23-8-2-3-9-24(23)34-26)35-25-10-4-5-15-38(30(25)41)19-28(39)37-13-6-7-14-37/h2-3,8-9,11-12,17-18,20,25H,4-7,10,13-16,19H2,1H3,(H2,33,35,36,40)/t20?,25-/m0/s1. The fraction of sp³-hybridized carbons (Fsp3) is 0.419. The van der Waals surface area contributed by atoms with Crippen LogP contribution in [0, 0.1) is 0 Å². The van der Waals surface area contributed by atoms with Crippen molar-refractivity contribution < 1.29 is 19.1 Å². The van der Waals surface area contributed by atoms with Crippen LogP contribution in [0.3, 0.4) is 0 Å². The van der Waals surface area contributed by atoms with Crippen LogP contribution in [0.1, 0.15) is 55.1 Å². The molecule has 4 heterocycles. The average molecular weight is 570 g/mol. The number of guanidine groups is 1. The Hall–Kier alpha value is -4.54. The largest absolute Gasteiger partial charge is 0.490 e. The topological polar surface area (TPSA) is 129 Å². The number of benzene rings is 2. The van der Waals surface area contributed by atoms with Crippen LogP contribution in [-0.2, 0) is 16.0 Å². The molecule has 0 saturated carbocycles. The zero-order chi connectivity index (χ0) is 29.1. The lowest BCUT2D eigenvalue weighted by Crippen LogP contribution is -2.45. The molecule has 2 aromatic carbocycles. The summed E-state index contributed by atoms with van der Waals surface area (Å²) in [5.41, 5.74) is 3.17. The van der Waals surface area contributed by atoms with Crippen LogP contribution in [0.25, 0.3) is 11.0 Å². The Labute approximate surface area is 244 Å². The number of fused-ring (bicyclic) bond motifs is 2. The molecule has 2 fully saturated rings. The number of aliphatic imine (C=N–C) groups is 1. The molecule has 0 aliphatic carbocycles. The third kappa shape index (κ3) is 6.19. The minimum absolute atomic E-state index is 0.0263. The molecule has 0 radical (unpaired) electrons. The monoisotopic (exact) mass is 569 g/mol. The molecular weight excluding hydrogens is 534 g/mol. The van der Waals surface area contributed by atoms with E-state index in [4.69, 9.17) is 9.73 Å². The molecule has 2 saturated heterocycles. The SMILES string of the molecule is CC1Cc2cc(NC(=N[C@H]3CCCCN(CC(=O)N4CCCC4)C3=O)NC(=O)c3cnc4ccccc4n3)ccc2O1. The molecule has 11 nitrogen and oxygen atoms in total. The summed E-state index contributed by atoms with van der Waals surface area (Å²) in [5.74, 6) is 0.226. The first-order chi connectivity index (χ1) is 20.4. The van der Waals surface area contributed by atoms with E-state index in [0.29, 0.717) is 29.7 Å². The summed E-state index contributed by atoms with van der Waals surface area (Å²) in [4.78, 5) is 56.9. The van der Waals surface area contributed by atoms with Crippen molar-refractivity contribution in [1.29, 1.82) is 0 Å². The Bertz CT molecular complexity index is 1530. The number of nitrogens with zero attached hydrogens (tertiary/aromatic N) is 5. The maximum absolute atomic E-state index is 13.6. The molecular formula is C31H35N7O4. The van der Waals surface area contributed by atoms with Gasteiger partial charge in [0.2, 0.25) is 17.8 Å². The lowest BCUT2D eigenvalue weighted by molar-refractivity contribution is -0.140. The minimum atomic E-state index is -0.748.